The summed E-state index contributed by atoms with van der Waals surface area (Å²) in [7, 11) is 3.93. The Morgan fingerprint density at radius 1 is 0.926 bits per heavy atom. The van der Waals surface area contributed by atoms with E-state index < -0.39 is 0 Å². The number of carbonyl (C=O) groups excluding carboxylic acids is 1. The zero-order valence-electron chi connectivity index (χ0n) is 15.6. The first-order valence-electron chi connectivity index (χ1n) is 8.82. The minimum atomic E-state index is -0.0970. The van der Waals surface area contributed by atoms with Crippen molar-refractivity contribution in [1.82, 2.24) is 9.88 Å². The quantitative estimate of drug-likeness (QED) is 0.734. The number of rotatable bonds is 6. The van der Waals surface area contributed by atoms with E-state index in [2.05, 4.69) is 5.32 Å². The van der Waals surface area contributed by atoms with Crippen LogP contribution < -0.4 is 15.8 Å². The number of benzene rings is 2. The van der Waals surface area contributed by atoms with Crippen LogP contribution in [-0.2, 0) is 13.1 Å². The maximum Gasteiger partial charge on any atom is 0.251 e. The Morgan fingerprint density at radius 2 is 1.59 bits per heavy atom. The molecule has 3 aromatic rings. The zero-order chi connectivity index (χ0) is 19.2. The largest absolute Gasteiger partial charge is 0.378 e. The number of carbonyl (C=O) groups is 1. The number of hydrogen-bond acceptors (Lipinski definition) is 3. The normalized spacial score (nSPS) is 10.4. The average Bonchev–Trinajstić information content (AvgIpc) is 2.69. The maximum atomic E-state index is 12.3. The van der Waals surface area contributed by atoms with Crippen molar-refractivity contribution in [3.63, 3.8) is 0 Å². The van der Waals surface area contributed by atoms with E-state index in [4.69, 9.17) is 0 Å². The molecule has 1 aromatic heterocycles. The molecule has 0 unspecified atom stereocenters. The molecule has 2 aromatic carbocycles. The van der Waals surface area contributed by atoms with Gasteiger partial charge < -0.3 is 14.8 Å². The van der Waals surface area contributed by atoms with E-state index in [0.717, 1.165) is 16.8 Å². The molecule has 0 saturated carbocycles. The van der Waals surface area contributed by atoms with Gasteiger partial charge in [-0.1, -0.05) is 30.3 Å². The maximum absolute atomic E-state index is 12.3. The van der Waals surface area contributed by atoms with E-state index in [9.17, 15) is 9.59 Å². The highest BCUT2D eigenvalue weighted by molar-refractivity contribution is 5.94. The van der Waals surface area contributed by atoms with Gasteiger partial charge >= 0.3 is 0 Å². The first-order chi connectivity index (χ1) is 13.0. The SMILES string of the molecule is CN(C)c1ccc(C(=O)NCc2ccc(Cn3ccccc3=O)cc2)cc1. The summed E-state index contributed by atoms with van der Waals surface area (Å²) in [5.41, 5.74) is 3.73. The lowest BCUT2D eigenvalue weighted by Gasteiger charge is -2.12. The third kappa shape index (κ3) is 4.85. The van der Waals surface area contributed by atoms with Gasteiger partial charge in [0.05, 0.1) is 6.54 Å². The minimum absolute atomic E-state index is 0.0193. The van der Waals surface area contributed by atoms with Gasteiger partial charge in [-0.2, -0.15) is 0 Å². The number of nitrogens with zero attached hydrogens (tertiary/aromatic N) is 2. The molecule has 0 fully saturated rings. The number of anilines is 1. The van der Waals surface area contributed by atoms with E-state index in [0.29, 0.717) is 18.7 Å². The Labute approximate surface area is 158 Å². The van der Waals surface area contributed by atoms with Crippen molar-refractivity contribution < 1.29 is 4.79 Å². The Morgan fingerprint density at radius 3 is 2.22 bits per heavy atom. The Kier molecular flexibility index (Phi) is 5.71. The number of hydrogen-bond donors (Lipinski definition) is 1. The highest BCUT2D eigenvalue weighted by Crippen LogP contribution is 2.12. The molecule has 5 nitrogen and oxygen atoms in total. The van der Waals surface area contributed by atoms with Crippen molar-refractivity contribution in [3.8, 4) is 0 Å². The molecule has 0 aliphatic heterocycles. The molecule has 1 heterocycles. The molecule has 0 atom stereocenters. The van der Waals surface area contributed by atoms with Crippen LogP contribution in [0.1, 0.15) is 21.5 Å². The second-order valence-corrected chi connectivity index (χ2v) is 6.61. The van der Waals surface area contributed by atoms with Gasteiger partial charge in [0.1, 0.15) is 0 Å². The van der Waals surface area contributed by atoms with E-state index in [-0.39, 0.29) is 11.5 Å². The van der Waals surface area contributed by atoms with Gasteiger partial charge in [-0.15, -0.1) is 0 Å². The first-order valence-corrected chi connectivity index (χ1v) is 8.82. The van der Waals surface area contributed by atoms with Crippen molar-refractivity contribution >= 4 is 11.6 Å². The Balaban J connectivity index is 1.57. The first kappa shape index (κ1) is 18.5. The summed E-state index contributed by atoms with van der Waals surface area (Å²) in [5.74, 6) is -0.0970. The summed E-state index contributed by atoms with van der Waals surface area (Å²) < 4.78 is 1.66. The van der Waals surface area contributed by atoms with E-state index >= 15 is 0 Å². The summed E-state index contributed by atoms with van der Waals surface area (Å²) in [5, 5.41) is 2.93. The molecule has 1 amide bonds. The van der Waals surface area contributed by atoms with Crippen LogP contribution >= 0.6 is 0 Å². The molecule has 0 radical (unpaired) electrons. The average molecular weight is 361 g/mol. The lowest BCUT2D eigenvalue weighted by Crippen LogP contribution is -2.23. The van der Waals surface area contributed by atoms with Crippen molar-refractivity contribution in [2.24, 2.45) is 0 Å². The van der Waals surface area contributed by atoms with Crippen molar-refractivity contribution in [2.75, 3.05) is 19.0 Å². The summed E-state index contributed by atoms with van der Waals surface area (Å²) in [6, 6.07) is 20.5. The Bertz CT molecular complexity index is 958. The highest BCUT2D eigenvalue weighted by atomic mass is 16.1. The van der Waals surface area contributed by atoms with Gasteiger partial charge in [0.15, 0.2) is 0 Å². The lowest BCUT2D eigenvalue weighted by atomic mass is 10.1. The van der Waals surface area contributed by atoms with E-state index in [1.807, 2.05) is 73.6 Å². The summed E-state index contributed by atoms with van der Waals surface area (Å²) in [4.78, 5) is 26.0. The molecule has 0 bridgehead atoms. The predicted octanol–water partition coefficient (Wildman–Crippen LogP) is 2.89. The third-order valence-corrected chi connectivity index (χ3v) is 4.37. The Hall–Kier alpha value is -3.34. The number of amides is 1. The van der Waals surface area contributed by atoms with Crippen LogP contribution in [0, 0.1) is 0 Å². The zero-order valence-corrected chi connectivity index (χ0v) is 15.6. The summed E-state index contributed by atoms with van der Waals surface area (Å²) in [6.45, 7) is 0.990. The fourth-order valence-electron chi connectivity index (χ4n) is 2.75. The molecular formula is C22H23N3O2. The molecule has 1 N–H and O–H groups in total. The smallest absolute Gasteiger partial charge is 0.251 e. The summed E-state index contributed by atoms with van der Waals surface area (Å²) >= 11 is 0. The van der Waals surface area contributed by atoms with E-state index in [1.54, 1.807) is 22.9 Å². The molecular weight excluding hydrogens is 338 g/mol. The van der Waals surface area contributed by atoms with Crippen LogP contribution in [0.2, 0.25) is 0 Å². The van der Waals surface area contributed by atoms with Crippen LogP contribution in [0.5, 0.6) is 0 Å². The van der Waals surface area contributed by atoms with Gasteiger partial charge in [0, 0.05) is 44.2 Å². The topological polar surface area (TPSA) is 54.3 Å². The molecule has 3 rings (SSSR count). The molecule has 27 heavy (non-hydrogen) atoms. The van der Waals surface area contributed by atoms with Crippen molar-refractivity contribution in [3.05, 3.63) is 100.0 Å². The van der Waals surface area contributed by atoms with Gasteiger partial charge in [-0.05, 0) is 41.5 Å². The van der Waals surface area contributed by atoms with Crippen LogP contribution in [-0.4, -0.2) is 24.6 Å². The monoisotopic (exact) mass is 361 g/mol. The highest BCUT2D eigenvalue weighted by Gasteiger charge is 2.06. The van der Waals surface area contributed by atoms with Gasteiger partial charge in [-0.25, -0.2) is 0 Å². The number of pyridine rings is 1. The standard InChI is InChI=1S/C22H23N3O2/c1-24(2)20-12-10-19(11-13-20)22(27)23-15-17-6-8-18(9-7-17)16-25-14-4-3-5-21(25)26/h3-14H,15-16H2,1-2H3,(H,23,27). The van der Waals surface area contributed by atoms with Crippen LogP contribution in [0.4, 0.5) is 5.69 Å². The van der Waals surface area contributed by atoms with Crippen molar-refractivity contribution in [2.45, 2.75) is 13.1 Å². The van der Waals surface area contributed by atoms with Crippen LogP contribution in [0.25, 0.3) is 0 Å². The predicted molar refractivity (Wildman–Crippen MR) is 108 cm³/mol. The molecule has 0 aliphatic carbocycles. The third-order valence-electron chi connectivity index (χ3n) is 4.37. The van der Waals surface area contributed by atoms with Crippen LogP contribution in [0.15, 0.2) is 77.7 Å². The molecule has 0 saturated heterocycles. The lowest BCUT2D eigenvalue weighted by molar-refractivity contribution is 0.0951. The summed E-state index contributed by atoms with van der Waals surface area (Å²) in [6.07, 6.45) is 1.78. The second-order valence-electron chi connectivity index (χ2n) is 6.61. The second kappa shape index (κ2) is 8.36. The van der Waals surface area contributed by atoms with Gasteiger partial charge in [-0.3, -0.25) is 9.59 Å². The van der Waals surface area contributed by atoms with Gasteiger partial charge in [0.2, 0.25) is 0 Å². The molecule has 0 spiro atoms. The van der Waals surface area contributed by atoms with Crippen LogP contribution in [0.3, 0.4) is 0 Å². The molecule has 5 heteroatoms. The number of aromatic nitrogens is 1. The van der Waals surface area contributed by atoms with Gasteiger partial charge in [0.25, 0.3) is 11.5 Å². The van der Waals surface area contributed by atoms with Crippen molar-refractivity contribution in [1.29, 1.82) is 0 Å². The van der Waals surface area contributed by atoms with E-state index in [1.165, 1.54) is 0 Å². The molecule has 0 aliphatic rings. The molecule has 138 valence electrons. The number of nitrogens with one attached hydrogen (secondary N) is 1. The fraction of sp³-hybridized carbons (Fsp3) is 0.182. The fourth-order valence-corrected chi connectivity index (χ4v) is 2.75. The minimum Gasteiger partial charge on any atom is -0.378 e.